The third-order valence-electron chi connectivity index (χ3n) is 5.44. The van der Waals surface area contributed by atoms with Crippen LogP contribution in [0.15, 0.2) is 30.3 Å². The second-order valence-electron chi connectivity index (χ2n) is 6.90. The molecule has 1 atom stereocenters. The minimum absolute atomic E-state index is 0.543. The lowest BCUT2D eigenvalue weighted by molar-refractivity contribution is 0.252. The predicted molar refractivity (Wildman–Crippen MR) is 92.5 cm³/mol. The summed E-state index contributed by atoms with van der Waals surface area (Å²) in [5.74, 6) is 0. The zero-order chi connectivity index (χ0) is 15.0. The third-order valence-corrected chi connectivity index (χ3v) is 5.44. The highest BCUT2D eigenvalue weighted by molar-refractivity contribution is 5.18. The van der Waals surface area contributed by atoms with Crippen molar-refractivity contribution in [2.45, 2.75) is 77.7 Å². The number of benzene rings is 1. The maximum absolute atomic E-state index is 3.93. The van der Waals surface area contributed by atoms with Crippen LogP contribution in [0.3, 0.4) is 0 Å². The second kappa shape index (κ2) is 8.58. The fourth-order valence-corrected chi connectivity index (χ4v) is 3.79. The van der Waals surface area contributed by atoms with Gasteiger partial charge in [0.2, 0.25) is 0 Å². The van der Waals surface area contributed by atoms with Crippen LogP contribution >= 0.6 is 0 Å². The lowest BCUT2D eigenvalue weighted by atomic mass is 9.83. The van der Waals surface area contributed by atoms with Crippen LogP contribution in [-0.4, -0.2) is 6.54 Å². The topological polar surface area (TPSA) is 12.0 Å². The van der Waals surface area contributed by atoms with Crippen LogP contribution in [0, 0.1) is 5.41 Å². The Labute approximate surface area is 131 Å². The Morgan fingerprint density at radius 2 is 1.76 bits per heavy atom. The molecule has 0 bridgehead atoms. The maximum Gasteiger partial charge on any atom is 0.0320 e. The molecule has 1 aliphatic carbocycles. The number of hydrogen-bond acceptors (Lipinski definition) is 1. The highest BCUT2D eigenvalue weighted by Gasteiger charge is 2.32. The fourth-order valence-electron chi connectivity index (χ4n) is 3.79. The first-order chi connectivity index (χ1) is 10.3. The van der Waals surface area contributed by atoms with Gasteiger partial charge in [0.05, 0.1) is 0 Å². The number of hydrogen-bond donors (Lipinski definition) is 1. The Morgan fingerprint density at radius 1 is 1.05 bits per heavy atom. The first-order valence-corrected chi connectivity index (χ1v) is 9.08. The summed E-state index contributed by atoms with van der Waals surface area (Å²) in [5.41, 5.74) is 2.05. The summed E-state index contributed by atoms with van der Waals surface area (Å²) in [6.45, 7) is 5.87. The van der Waals surface area contributed by atoms with E-state index in [1.807, 2.05) is 0 Å². The van der Waals surface area contributed by atoms with E-state index in [-0.39, 0.29) is 0 Å². The molecule has 0 saturated heterocycles. The van der Waals surface area contributed by atoms with Crippen molar-refractivity contribution in [2.75, 3.05) is 6.54 Å². The summed E-state index contributed by atoms with van der Waals surface area (Å²) in [7, 11) is 0. The molecule has 0 heterocycles. The fraction of sp³-hybridized carbons (Fsp3) is 0.700. The van der Waals surface area contributed by atoms with Crippen molar-refractivity contribution >= 4 is 0 Å². The molecule has 2 rings (SSSR count). The zero-order valence-electron chi connectivity index (χ0n) is 14.0. The van der Waals surface area contributed by atoms with Gasteiger partial charge in [0, 0.05) is 12.6 Å². The van der Waals surface area contributed by atoms with Crippen molar-refractivity contribution in [1.82, 2.24) is 5.32 Å². The maximum atomic E-state index is 3.93. The van der Waals surface area contributed by atoms with E-state index in [4.69, 9.17) is 0 Å². The van der Waals surface area contributed by atoms with E-state index < -0.39 is 0 Å². The molecule has 118 valence electrons. The summed E-state index contributed by atoms with van der Waals surface area (Å²) < 4.78 is 0. The summed E-state index contributed by atoms with van der Waals surface area (Å²) in [4.78, 5) is 0. The van der Waals surface area contributed by atoms with Crippen molar-refractivity contribution in [1.29, 1.82) is 0 Å². The van der Waals surface area contributed by atoms with Gasteiger partial charge in [-0.25, -0.2) is 0 Å². The Balaban J connectivity index is 1.95. The van der Waals surface area contributed by atoms with E-state index in [0.717, 1.165) is 0 Å². The van der Waals surface area contributed by atoms with Crippen LogP contribution in [0.25, 0.3) is 0 Å². The molecule has 0 spiro atoms. The number of rotatable bonds is 9. The standard InChI is InChI=1S/C20H33N/c1-3-5-7-14-19(18-12-8-6-9-13-18)21-17-20(4-2)15-10-11-16-20/h6,8-9,12-13,19,21H,3-5,7,10-11,14-17H2,1-2H3. The van der Waals surface area contributed by atoms with E-state index in [1.54, 1.807) is 0 Å². The molecule has 1 aromatic carbocycles. The Morgan fingerprint density at radius 3 is 2.38 bits per heavy atom. The molecular weight excluding hydrogens is 254 g/mol. The molecule has 0 aromatic heterocycles. The molecule has 1 saturated carbocycles. The minimum atomic E-state index is 0.543. The smallest absolute Gasteiger partial charge is 0.0320 e. The largest absolute Gasteiger partial charge is 0.309 e. The second-order valence-corrected chi connectivity index (χ2v) is 6.90. The van der Waals surface area contributed by atoms with E-state index in [9.17, 15) is 0 Å². The molecule has 0 radical (unpaired) electrons. The van der Waals surface area contributed by atoms with Gasteiger partial charge in [-0.2, -0.15) is 0 Å². The van der Waals surface area contributed by atoms with Crippen LogP contribution in [-0.2, 0) is 0 Å². The summed E-state index contributed by atoms with van der Waals surface area (Å²) >= 11 is 0. The average molecular weight is 287 g/mol. The first-order valence-electron chi connectivity index (χ1n) is 9.08. The normalized spacial score (nSPS) is 18.8. The van der Waals surface area contributed by atoms with E-state index in [2.05, 4.69) is 49.5 Å². The quantitative estimate of drug-likeness (QED) is 0.560. The van der Waals surface area contributed by atoms with Gasteiger partial charge in [0.15, 0.2) is 0 Å². The van der Waals surface area contributed by atoms with Crippen molar-refractivity contribution in [3.63, 3.8) is 0 Å². The molecule has 1 fully saturated rings. The Kier molecular flexibility index (Phi) is 6.76. The molecule has 1 nitrogen and oxygen atoms in total. The zero-order valence-corrected chi connectivity index (χ0v) is 14.0. The van der Waals surface area contributed by atoms with Crippen molar-refractivity contribution in [2.24, 2.45) is 5.41 Å². The highest BCUT2D eigenvalue weighted by Crippen LogP contribution is 2.40. The average Bonchev–Trinajstić information content (AvgIpc) is 3.01. The first kappa shape index (κ1) is 16.5. The molecule has 1 unspecified atom stereocenters. The van der Waals surface area contributed by atoms with Crippen LogP contribution in [0.4, 0.5) is 0 Å². The molecular formula is C20H33N. The predicted octanol–water partition coefficient (Wildman–Crippen LogP) is 5.87. The monoisotopic (exact) mass is 287 g/mol. The van der Waals surface area contributed by atoms with Gasteiger partial charge in [0.1, 0.15) is 0 Å². The van der Waals surface area contributed by atoms with Crippen LogP contribution in [0.1, 0.15) is 83.2 Å². The van der Waals surface area contributed by atoms with E-state index >= 15 is 0 Å². The van der Waals surface area contributed by atoms with Crippen molar-refractivity contribution in [3.8, 4) is 0 Å². The summed E-state index contributed by atoms with van der Waals surface area (Å²) in [6, 6.07) is 11.6. The summed E-state index contributed by atoms with van der Waals surface area (Å²) in [6.07, 6.45) is 12.3. The van der Waals surface area contributed by atoms with Crippen LogP contribution in [0.5, 0.6) is 0 Å². The molecule has 21 heavy (non-hydrogen) atoms. The van der Waals surface area contributed by atoms with Gasteiger partial charge in [0.25, 0.3) is 0 Å². The molecule has 0 amide bonds. The van der Waals surface area contributed by atoms with Crippen molar-refractivity contribution < 1.29 is 0 Å². The lowest BCUT2D eigenvalue weighted by Gasteiger charge is -2.31. The lowest BCUT2D eigenvalue weighted by Crippen LogP contribution is -2.34. The van der Waals surface area contributed by atoms with Gasteiger partial charge in [-0.15, -0.1) is 0 Å². The van der Waals surface area contributed by atoms with Gasteiger partial charge in [-0.3, -0.25) is 0 Å². The van der Waals surface area contributed by atoms with Crippen LogP contribution < -0.4 is 5.32 Å². The Bertz CT molecular complexity index is 378. The minimum Gasteiger partial charge on any atom is -0.309 e. The SMILES string of the molecule is CCCCCC(NCC1(CC)CCCC1)c1ccccc1. The van der Waals surface area contributed by atoms with Gasteiger partial charge < -0.3 is 5.32 Å². The number of unbranched alkanes of at least 4 members (excludes halogenated alkanes) is 2. The molecule has 1 aliphatic rings. The van der Waals surface area contributed by atoms with Crippen LogP contribution in [0.2, 0.25) is 0 Å². The highest BCUT2D eigenvalue weighted by atomic mass is 14.9. The number of nitrogens with one attached hydrogen (secondary N) is 1. The van der Waals surface area contributed by atoms with Gasteiger partial charge in [-0.1, -0.05) is 76.3 Å². The van der Waals surface area contributed by atoms with Gasteiger partial charge >= 0.3 is 0 Å². The molecule has 1 aromatic rings. The van der Waals surface area contributed by atoms with E-state index in [0.29, 0.717) is 11.5 Å². The molecule has 0 aliphatic heterocycles. The summed E-state index contributed by atoms with van der Waals surface area (Å²) in [5, 5.41) is 3.93. The Hall–Kier alpha value is -0.820. The van der Waals surface area contributed by atoms with E-state index in [1.165, 1.54) is 69.9 Å². The molecule has 1 N–H and O–H groups in total. The molecule has 1 heteroatoms. The third kappa shape index (κ3) is 4.85. The van der Waals surface area contributed by atoms with Gasteiger partial charge in [-0.05, 0) is 36.7 Å². The van der Waals surface area contributed by atoms with Crippen molar-refractivity contribution in [3.05, 3.63) is 35.9 Å².